The predicted molar refractivity (Wildman–Crippen MR) is 68.9 cm³/mol. The highest BCUT2D eigenvalue weighted by atomic mass is 19.1. The highest BCUT2D eigenvalue weighted by molar-refractivity contribution is 5.92. The summed E-state index contributed by atoms with van der Waals surface area (Å²) in [6.45, 7) is 3.69. The molecule has 6 heteroatoms. The van der Waals surface area contributed by atoms with Crippen LogP contribution < -0.4 is 16.0 Å². The molecule has 1 amide bonds. The molecule has 1 aromatic rings. The first-order valence-electron chi connectivity index (χ1n) is 6.20. The molecule has 104 valence electrons. The summed E-state index contributed by atoms with van der Waals surface area (Å²) in [4.78, 5) is 11.7. The zero-order chi connectivity index (χ0) is 13.9. The minimum atomic E-state index is -0.776. The Labute approximate surface area is 110 Å². The van der Waals surface area contributed by atoms with Crippen LogP contribution >= 0.6 is 0 Å². The van der Waals surface area contributed by atoms with E-state index in [2.05, 4.69) is 16.0 Å². The summed E-state index contributed by atoms with van der Waals surface area (Å²) in [6, 6.07) is 3.46. The Balaban J connectivity index is 1.91. The Kier molecular flexibility index (Phi) is 4.11. The Morgan fingerprint density at radius 3 is 2.68 bits per heavy atom. The van der Waals surface area contributed by atoms with Crippen LogP contribution in [0.3, 0.4) is 0 Å². The quantitative estimate of drug-likeness (QED) is 0.771. The van der Waals surface area contributed by atoms with Crippen molar-refractivity contribution < 1.29 is 13.6 Å². The van der Waals surface area contributed by atoms with Crippen molar-refractivity contribution in [2.24, 2.45) is 0 Å². The maximum absolute atomic E-state index is 13.3. The van der Waals surface area contributed by atoms with Crippen LogP contribution in [-0.2, 0) is 4.79 Å². The van der Waals surface area contributed by atoms with Crippen molar-refractivity contribution in [1.82, 2.24) is 10.6 Å². The number of nitrogens with one attached hydrogen (secondary N) is 3. The van der Waals surface area contributed by atoms with Crippen molar-refractivity contribution in [1.29, 1.82) is 0 Å². The van der Waals surface area contributed by atoms with Crippen molar-refractivity contribution in [3.63, 3.8) is 0 Å². The van der Waals surface area contributed by atoms with Gasteiger partial charge in [0.15, 0.2) is 0 Å². The summed E-state index contributed by atoms with van der Waals surface area (Å²) in [5, 5.41) is 8.54. The molecule has 0 radical (unpaired) electrons. The number of hydrogen-bond acceptors (Lipinski definition) is 3. The molecule has 0 aliphatic carbocycles. The first-order valence-corrected chi connectivity index (χ1v) is 6.20. The summed E-state index contributed by atoms with van der Waals surface area (Å²) in [6.07, 6.45) is 0.911. The molecule has 3 N–H and O–H groups in total. The summed E-state index contributed by atoms with van der Waals surface area (Å²) >= 11 is 0. The van der Waals surface area contributed by atoms with Crippen molar-refractivity contribution in [3.05, 3.63) is 29.8 Å². The Morgan fingerprint density at radius 1 is 1.42 bits per heavy atom. The lowest BCUT2D eigenvalue weighted by Crippen LogP contribution is -2.47. The molecule has 0 aromatic heterocycles. The lowest BCUT2D eigenvalue weighted by Gasteiger charge is -2.24. The van der Waals surface area contributed by atoms with Gasteiger partial charge in [-0.2, -0.15) is 0 Å². The number of amides is 1. The standard InChI is InChI=1S/C13H17F2N3O/c1-13(5-6-16-8-13)17-7-11(19)18-12-9(14)3-2-4-10(12)15/h2-4,16-17H,5-8H2,1H3,(H,18,19). The summed E-state index contributed by atoms with van der Waals surface area (Å²) in [7, 11) is 0. The van der Waals surface area contributed by atoms with Gasteiger partial charge in [0, 0.05) is 12.1 Å². The number of halogens is 2. The van der Waals surface area contributed by atoms with Gasteiger partial charge in [0.05, 0.1) is 6.54 Å². The average molecular weight is 269 g/mol. The van der Waals surface area contributed by atoms with Crippen molar-refractivity contribution in [2.45, 2.75) is 18.9 Å². The van der Waals surface area contributed by atoms with Crippen LogP contribution in [0.2, 0.25) is 0 Å². The number of rotatable bonds is 4. The van der Waals surface area contributed by atoms with Crippen LogP contribution in [0.5, 0.6) is 0 Å². The first kappa shape index (κ1) is 13.9. The number of carbonyl (C=O) groups is 1. The number of carbonyl (C=O) groups excluding carboxylic acids is 1. The second-order valence-corrected chi connectivity index (χ2v) is 4.99. The second-order valence-electron chi connectivity index (χ2n) is 4.99. The molecule has 1 saturated heterocycles. The van der Waals surface area contributed by atoms with Crippen LogP contribution in [0.1, 0.15) is 13.3 Å². The Hall–Kier alpha value is -1.53. The number of para-hydroxylation sites is 1. The minimum Gasteiger partial charge on any atom is -0.320 e. The monoisotopic (exact) mass is 269 g/mol. The fourth-order valence-corrected chi connectivity index (χ4v) is 2.06. The topological polar surface area (TPSA) is 53.2 Å². The molecule has 1 unspecified atom stereocenters. The Morgan fingerprint density at radius 2 is 2.11 bits per heavy atom. The van der Waals surface area contributed by atoms with E-state index in [0.717, 1.165) is 31.6 Å². The highest BCUT2D eigenvalue weighted by Crippen LogP contribution is 2.18. The van der Waals surface area contributed by atoms with Crippen LogP contribution in [0.15, 0.2) is 18.2 Å². The summed E-state index contributed by atoms with van der Waals surface area (Å²) < 4.78 is 26.7. The van der Waals surface area contributed by atoms with E-state index in [-0.39, 0.29) is 12.1 Å². The number of hydrogen-bond donors (Lipinski definition) is 3. The van der Waals surface area contributed by atoms with Gasteiger partial charge in [0.25, 0.3) is 0 Å². The van der Waals surface area contributed by atoms with E-state index in [1.54, 1.807) is 0 Å². The van der Waals surface area contributed by atoms with Gasteiger partial charge in [-0.15, -0.1) is 0 Å². The van der Waals surface area contributed by atoms with Gasteiger partial charge in [-0.25, -0.2) is 8.78 Å². The largest absolute Gasteiger partial charge is 0.320 e. The zero-order valence-electron chi connectivity index (χ0n) is 10.7. The van der Waals surface area contributed by atoms with Crippen molar-refractivity contribution in [3.8, 4) is 0 Å². The molecule has 0 bridgehead atoms. The van der Waals surface area contributed by atoms with Crippen LogP contribution in [0.4, 0.5) is 14.5 Å². The molecule has 4 nitrogen and oxygen atoms in total. The number of benzene rings is 1. The third kappa shape index (κ3) is 3.48. The maximum atomic E-state index is 13.3. The molecule has 1 aliphatic heterocycles. The molecule has 0 saturated carbocycles. The van der Waals surface area contributed by atoms with Gasteiger partial charge in [-0.05, 0) is 32.0 Å². The fourth-order valence-electron chi connectivity index (χ4n) is 2.06. The average Bonchev–Trinajstić information content (AvgIpc) is 2.79. The van der Waals surface area contributed by atoms with Crippen molar-refractivity contribution >= 4 is 11.6 Å². The van der Waals surface area contributed by atoms with E-state index < -0.39 is 23.2 Å². The summed E-state index contributed by atoms with van der Waals surface area (Å²) in [5.41, 5.74) is -0.547. The van der Waals surface area contributed by atoms with Crippen LogP contribution in [0.25, 0.3) is 0 Å². The normalized spacial score (nSPS) is 22.5. The summed E-state index contributed by atoms with van der Waals surface area (Å²) in [5.74, 6) is -2.01. The predicted octanol–water partition coefficient (Wildman–Crippen LogP) is 1.24. The van der Waals surface area contributed by atoms with Gasteiger partial charge in [0.2, 0.25) is 5.91 Å². The van der Waals surface area contributed by atoms with E-state index in [1.807, 2.05) is 6.92 Å². The molecular formula is C13H17F2N3O. The molecule has 1 fully saturated rings. The highest BCUT2D eigenvalue weighted by Gasteiger charge is 2.28. The molecule has 19 heavy (non-hydrogen) atoms. The van der Waals surface area contributed by atoms with Gasteiger partial charge in [0.1, 0.15) is 17.3 Å². The molecule has 1 atom stereocenters. The number of anilines is 1. The lowest BCUT2D eigenvalue weighted by atomic mass is 10.0. The van der Waals surface area contributed by atoms with E-state index >= 15 is 0 Å². The van der Waals surface area contributed by atoms with Gasteiger partial charge in [-0.1, -0.05) is 6.07 Å². The first-order chi connectivity index (χ1) is 9.00. The SMILES string of the molecule is CC1(NCC(=O)Nc2c(F)cccc2F)CCNC1. The van der Waals surface area contributed by atoms with Crippen LogP contribution in [-0.4, -0.2) is 31.1 Å². The maximum Gasteiger partial charge on any atom is 0.238 e. The molecule has 0 spiro atoms. The van der Waals surface area contributed by atoms with E-state index in [0.29, 0.717) is 0 Å². The van der Waals surface area contributed by atoms with E-state index in [9.17, 15) is 13.6 Å². The molecular weight excluding hydrogens is 252 g/mol. The molecule has 1 aliphatic rings. The third-order valence-electron chi connectivity index (χ3n) is 3.27. The van der Waals surface area contributed by atoms with Gasteiger partial charge >= 0.3 is 0 Å². The molecule has 1 heterocycles. The van der Waals surface area contributed by atoms with Crippen LogP contribution in [0, 0.1) is 11.6 Å². The molecule has 2 rings (SSSR count). The minimum absolute atomic E-state index is 0.0198. The zero-order valence-corrected chi connectivity index (χ0v) is 10.7. The second kappa shape index (κ2) is 5.63. The smallest absolute Gasteiger partial charge is 0.238 e. The van der Waals surface area contributed by atoms with E-state index in [4.69, 9.17) is 0 Å². The van der Waals surface area contributed by atoms with Gasteiger partial charge in [-0.3, -0.25) is 4.79 Å². The van der Waals surface area contributed by atoms with E-state index in [1.165, 1.54) is 6.07 Å². The Bertz CT molecular complexity index is 453. The lowest BCUT2D eigenvalue weighted by molar-refractivity contribution is -0.115. The fraction of sp³-hybridized carbons (Fsp3) is 0.462. The third-order valence-corrected chi connectivity index (χ3v) is 3.27. The van der Waals surface area contributed by atoms with Crippen molar-refractivity contribution in [2.75, 3.05) is 25.0 Å². The van der Waals surface area contributed by atoms with Gasteiger partial charge < -0.3 is 16.0 Å². The molecule has 1 aromatic carbocycles.